The third kappa shape index (κ3) is 4.98. The molecule has 0 saturated carbocycles. The van der Waals surface area contributed by atoms with Gasteiger partial charge in [-0.1, -0.05) is 25.5 Å². The summed E-state index contributed by atoms with van der Waals surface area (Å²) >= 11 is 0. The Hall–Kier alpha value is -2.05. The van der Waals surface area contributed by atoms with Crippen LogP contribution in [0.5, 0.6) is 0 Å². The molecule has 6 nitrogen and oxygen atoms in total. The number of pyridine rings is 1. The topological polar surface area (TPSA) is 58.3 Å². The van der Waals surface area contributed by atoms with E-state index in [1.807, 2.05) is 12.1 Å². The Balaban J connectivity index is 1.44. The van der Waals surface area contributed by atoms with E-state index in [0.29, 0.717) is 29.6 Å². The van der Waals surface area contributed by atoms with Crippen LogP contribution in [-0.4, -0.2) is 64.8 Å². The number of likely N-dealkylation sites (N-methyl/N-ethyl adjacent to an activating group) is 1. The summed E-state index contributed by atoms with van der Waals surface area (Å²) < 4.78 is 5.98. The molecule has 3 heterocycles. The molecule has 1 aliphatic heterocycles. The van der Waals surface area contributed by atoms with Gasteiger partial charge < -0.3 is 14.2 Å². The number of nitrogens with zero attached hydrogens (tertiary/aromatic N) is 5. The minimum absolute atomic E-state index is 0.479. The van der Waals surface area contributed by atoms with Crippen LogP contribution in [-0.2, 0) is 6.42 Å². The highest BCUT2D eigenvalue weighted by molar-refractivity contribution is 5.50. The van der Waals surface area contributed by atoms with E-state index in [-0.39, 0.29) is 0 Å². The monoisotopic (exact) mass is 409 g/mol. The summed E-state index contributed by atoms with van der Waals surface area (Å²) in [5, 5.41) is 8.59. The fourth-order valence-electron chi connectivity index (χ4n) is 4.97. The molecule has 4 rings (SSSR count). The first-order valence-corrected chi connectivity index (χ1v) is 11.3. The number of piperazine rings is 1. The molecule has 2 aliphatic rings. The summed E-state index contributed by atoms with van der Waals surface area (Å²) in [5.41, 5.74) is 2.40. The van der Waals surface area contributed by atoms with E-state index < -0.39 is 0 Å². The van der Waals surface area contributed by atoms with E-state index >= 15 is 0 Å². The predicted molar refractivity (Wildman–Crippen MR) is 119 cm³/mol. The smallest absolute Gasteiger partial charge is 0.247 e. The van der Waals surface area contributed by atoms with Crippen molar-refractivity contribution in [2.75, 3.05) is 39.8 Å². The molecule has 2 aromatic rings. The van der Waals surface area contributed by atoms with Crippen molar-refractivity contribution in [2.24, 2.45) is 23.7 Å². The van der Waals surface area contributed by atoms with Crippen LogP contribution in [0, 0.1) is 23.7 Å². The Kier molecular flexibility index (Phi) is 6.64. The van der Waals surface area contributed by atoms with E-state index in [2.05, 4.69) is 58.9 Å². The van der Waals surface area contributed by atoms with E-state index in [0.717, 1.165) is 17.9 Å². The minimum Gasteiger partial charge on any atom is -0.421 e. The summed E-state index contributed by atoms with van der Waals surface area (Å²) in [4.78, 5) is 9.14. The molecule has 2 aromatic heterocycles. The quantitative estimate of drug-likeness (QED) is 0.677. The zero-order chi connectivity index (χ0) is 21.1. The van der Waals surface area contributed by atoms with Crippen molar-refractivity contribution in [3.63, 3.8) is 0 Å². The van der Waals surface area contributed by atoms with Gasteiger partial charge in [0.05, 0.1) is 0 Å². The van der Waals surface area contributed by atoms with Crippen molar-refractivity contribution in [3.05, 3.63) is 42.1 Å². The molecule has 0 spiro atoms. The molecule has 0 bridgehead atoms. The number of hydrogen-bond acceptors (Lipinski definition) is 6. The van der Waals surface area contributed by atoms with Crippen LogP contribution in [0.3, 0.4) is 0 Å². The van der Waals surface area contributed by atoms with Gasteiger partial charge in [-0.2, -0.15) is 0 Å². The van der Waals surface area contributed by atoms with E-state index in [9.17, 15) is 0 Å². The van der Waals surface area contributed by atoms with Crippen LogP contribution in [0.2, 0.25) is 0 Å². The lowest BCUT2D eigenvalue weighted by Crippen LogP contribution is -2.47. The average Bonchev–Trinajstić information content (AvgIpc) is 3.21. The number of rotatable bonds is 6. The van der Waals surface area contributed by atoms with Gasteiger partial charge in [0.15, 0.2) is 0 Å². The summed E-state index contributed by atoms with van der Waals surface area (Å²) in [6.07, 6.45) is 8.08. The first-order valence-electron chi connectivity index (χ1n) is 11.3. The molecule has 0 N–H and O–H groups in total. The summed E-state index contributed by atoms with van der Waals surface area (Å²) in [7, 11) is 2.22. The fraction of sp³-hybridized carbons (Fsp3) is 0.625. The van der Waals surface area contributed by atoms with Gasteiger partial charge in [0, 0.05) is 57.1 Å². The van der Waals surface area contributed by atoms with Crippen LogP contribution in [0.25, 0.3) is 11.5 Å². The van der Waals surface area contributed by atoms with Gasteiger partial charge in [0.1, 0.15) is 0 Å². The van der Waals surface area contributed by atoms with Crippen molar-refractivity contribution in [1.29, 1.82) is 0 Å². The number of allylic oxidation sites excluding steroid dienone is 1. The van der Waals surface area contributed by atoms with Gasteiger partial charge in [-0.3, -0.25) is 4.98 Å². The maximum absolute atomic E-state index is 5.98. The minimum atomic E-state index is 0.479. The number of aromatic nitrogens is 3. The zero-order valence-electron chi connectivity index (χ0n) is 18.8. The first-order chi connectivity index (χ1) is 14.5. The first kappa shape index (κ1) is 21.2. The molecule has 1 aliphatic carbocycles. The van der Waals surface area contributed by atoms with Gasteiger partial charge in [-0.15, -0.1) is 10.2 Å². The van der Waals surface area contributed by atoms with Gasteiger partial charge in [-0.25, -0.2) is 0 Å². The largest absolute Gasteiger partial charge is 0.421 e. The molecular formula is C24H35N5O. The summed E-state index contributed by atoms with van der Waals surface area (Å²) in [5.74, 6) is 3.80. The maximum Gasteiger partial charge on any atom is 0.247 e. The zero-order valence-corrected chi connectivity index (χ0v) is 18.8. The molecule has 6 heteroatoms. The molecule has 0 radical (unpaired) electrons. The SMILES string of the molecule is CC1=C[C@@H](CN2CCN(C)CC2)[C@H](C(C)C)C[C@H]1Cc1nnc(-c2ccncc2)o1. The normalized spacial score (nSPS) is 26.2. The van der Waals surface area contributed by atoms with Gasteiger partial charge in [0.25, 0.3) is 0 Å². The summed E-state index contributed by atoms with van der Waals surface area (Å²) in [6, 6.07) is 3.81. The van der Waals surface area contributed by atoms with Crippen molar-refractivity contribution in [3.8, 4) is 11.5 Å². The fourth-order valence-corrected chi connectivity index (χ4v) is 4.97. The van der Waals surface area contributed by atoms with Crippen molar-refractivity contribution in [2.45, 2.75) is 33.6 Å². The Labute approximate surface area is 180 Å². The molecule has 0 aromatic carbocycles. The number of hydrogen-bond donors (Lipinski definition) is 0. The molecule has 0 amide bonds. The maximum atomic E-state index is 5.98. The Morgan fingerprint density at radius 2 is 1.83 bits per heavy atom. The van der Waals surface area contributed by atoms with Crippen molar-refractivity contribution >= 4 is 0 Å². The van der Waals surface area contributed by atoms with E-state index in [4.69, 9.17) is 4.42 Å². The Morgan fingerprint density at radius 3 is 2.53 bits per heavy atom. The third-order valence-electron chi connectivity index (χ3n) is 6.96. The second kappa shape index (κ2) is 9.40. The lowest BCUT2D eigenvalue weighted by molar-refractivity contribution is 0.112. The van der Waals surface area contributed by atoms with Gasteiger partial charge in [0.2, 0.25) is 11.8 Å². The third-order valence-corrected chi connectivity index (χ3v) is 6.96. The molecular weight excluding hydrogens is 374 g/mol. The summed E-state index contributed by atoms with van der Waals surface area (Å²) in [6.45, 7) is 13.0. The molecule has 30 heavy (non-hydrogen) atoms. The van der Waals surface area contributed by atoms with Crippen molar-refractivity contribution < 1.29 is 4.42 Å². The van der Waals surface area contributed by atoms with Crippen molar-refractivity contribution in [1.82, 2.24) is 25.0 Å². The molecule has 0 unspecified atom stereocenters. The lowest BCUT2D eigenvalue weighted by atomic mass is 9.69. The standard InChI is InChI=1S/C24H35N5O/c1-17(2)22-14-20(15-23-26-27-24(30-23)19-5-7-25-8-6-19)18(3)13-21(22)16-29-11-9-28(4)10-12-29/h5-8,13,17,20-22H,9-12,14-16H2,1-4H3/t20-,21-,22-/m0/s1. The Bertz CT molecular complexity index is 838. The highest BCUT2D eigenvalue weighted by Crippen LogP contribution is 2.39. The van der Waals surface area contributed by atoms with Gasteiger partial charge in [-0.05, 0) is 56.2 Å². The van der Waals surface area contributed by atoms with Crippen LogP contribution in [0.15, 0.2) is 40.6 Å². The molecule has 162 valence electrons. The second-order valence-electron chi connectivity index (χ2n) is 9.46. The Morgan fingerprint density at radius 1 is 1.10 bits per heavy atom. The highest BCUT2D eigenvalue weighted by atomic mass is 16.4. The molecule has 1 saturated heterocycles. The van der Waals surface area contributed by atoms with Gasteiger partial charge >= 0.3 is 0 Å². The van der Waals surface area contributed by atoms with Crippen LogP contribution in [0.4, 0.5) is 0 Å². The van der Waals surface area contributed by atoms with E-state index in [1.54, 1.807) is 12.4 Å². The van der Waals surface area contributed by atoms with Crippen LogP contribution >= 0.6 is 0 Å². The highest BCUT2D eigenvalue weighted by Gasteiger charge is 2.33. The van der Waals surface area contributed by atoms with Crippen LogP contribution in [0.1, 0.15) is 33.1 Å². The lowest BCUT2D eigenvalue weighted by Gasteiger charge is -2.41. The molecule has 3 atom stereocenters. The van der Waals surface area contributed by atoms with Crippen LogP contribution < -0.4 is 0 Å². The second-order valence-corrected chi connectivity index (χ2v) is 9.46. The average molecular weight is 410 g/mol. The predicted octanol–water partition coefficient (Wildman–Crippen LogP) is 3.78. The molecule has 1 fully saturated rings. The van der Waals surface area contributed by atoms with E-state index in [1.165, 1.54) is 44.7 Å².